The van der Waals surface area contributed by atoms with E-state index in [1.807, 2.05) is 12.1 Å². The Hall–Kier alpha value is -3.04. The van der Waals surface area contributed by atoms with Gasteiger partial charge in [-0.25, -0.2) is 8.42 Å². The topological polar surface area (TPSA) is 97.2 Å². The van der Waals surface area contributed by atoms with Gasteiger partial charge in [-0.1, -0.05) is 12.5 Å². The SMILES string of the molecule is Cc1ccc(C(=O)Nc2ccc(-n3cnnc3)cc2)cc1S(=O)(=O)N1CCCCC1. The number of carbonyl (C=O) groups excluding carboxylic acids is 1. The molecule has 8 nitrogen and oxygen atoms in total. The lowest BCUT2D eigenvalue weighted by Crippen LogP contribution is -2.36. The second-order valence-corrected chi connectivity index (χ2v) is 9.22. The zero-order chi connectivity index (χ0) is 21.1. The van der Waals surface area contributed by atoms with Gasteiger partial charge in [0.25, 0.3) is 5.91 Å². The normalized spacial score (nSPS) is 15.1. The highest BCUT2D eigenvalue weighted by molar-refractivity contribution is 7.89. The van der Waals surface area contributed by atoms with Gasteiger partial charge >= 0.3 is 0 Å². The molecule has 1 aromatic heterocycles. The Morgan fingerprint density at radius 2 is 1.63 bits per heavy atom. The van der Waals surface area contributed by atoms with Crippen molar-refractivity contribution in [2.45, 2.75) is 31.1 Å². The molecule has 3 aromatic rings. The molecular weight excluding hydrogens is 402 g/mol. The number of piperidine rings is 1. The Morgan fingerprint density at radius 3 is 2.30 bits per heavy atom. The number of aromatic nitrogens is 3. The number of nitrogens with zero attached hydrogens (tertiary/aromatic N) is 4. The monoisotopic (exact) mass is 425 g/mol. The van der Waals surface area contributed by atoms with Crippen LogP contribution < -0.4 is 5.32 Å². The van der Waals surface area contributed by atoms with Gasteiger partial charge in [0.1, 0.15) is 12.7 Å². The second-order valence-electron chi connectivity index (χ2n) is 7.32. The van der Waals surface area contributed by atoms with E-state index in [-0.39, 0.29) is 10.8 Å². The van der Waals surface area contributed by atoms with E-state index in [4.69, 9.17) is 0 Å². The molecular formula is C21H23N5O3S. The number of anilines is 1. The molecule has 0 saturated carbocycles. The van der Waals surface area contributed by atoms with E-state index in [2.05, 4.69) is 15.5 Å². The van der Waals surface area contributed by atoms with E-state index >= 15 is 0 Å². The molecule has 156 valence electrons. The molecule has 0 atom stereocenters. The van der Waals surface area contributed by atoms with Crippen molar-refractivity contribution < 1.29 is 13.2 Å². The van der Waals surface area contributed by atoms with Crippen molar-refractivity contribution in [1.29, 1.82) is 0 Å². The molecule has 1 fully saturated rings. The van der Waals surface area contributed by atoms with Crippen molar-refractivity contribution in [3.05, 3.63) is 66.2 Å². The largest absolute Gasteiger partial charge is 0.322 e. The van der Waals surface area contributed by atoms with Gasteiger partial charge in [0.15, 0.2) is 0 Å². The second kappa shape index (κ2) is 8.37. The lowest BCUT2D eigenvalue weighted by molar-refractivity contribution is 0.102. The quantitative estimate of drug-likeness (QED) is 0.678. The maximum absolute atomic E-state index is 13.1. The average Bonchev–Trinajstić information content (AvgIpc) is 3.30. The highest BCUT2D eigenvalue weighted by Gasteiger charge is 2.28. The predicted octanol–water partition coefficient (Wildman–Crippen LogP) is 3.00. The van der Waals surface area contributed by atoms with Gasteiger partial charge in [-0.3, -0.25) is 9.36 Å². The molecule has 1 aliphatic rings. The predicted molar refractivity (Wildman–Crippen MR) is 113 cm³/mol. The molecule has 1 saturated heterocycles. The first-order valence-corrected chi connectivity index (χ1v) is 11.3. The minimum absolute atomic E-state index is 0.194. The fraction of sp³-hybridized carbons (Fsp3) is 0.286. The molecule has 0 spiro atoms. The number of aryl methyl sites for hydroxylation is 1. The summed E-state index contributed by atoms with van der Waals surface area (Å²) in [6.45, 7) is 2.80. The molecule has 1 N–H and O–H groups in total. The summed E-state index contributed by atoms with van der Waals surface area (Å²) in [6.07, 6.45) is 5.95. The van der Waals surface area contributed by atoms with Gasteiger partial charge in [-0.15, -0.1) is 10.2 Å². The first-order valence-electron chi connectivity index (χ1n) is 9.82. The van der Waals surface area contributed by atoms with Gasteiger partial charge < -0.3 is 5.32 Å². The summed E-state index contributed by atoms with van der Waals surface area (Å²) in [6, 6.07) is 12.0. The van der Waals surface area contributed by atoms with Gasteiger partial charge in [0, 0.05) is 30.0 Å². The molecule has 30 heavy (non-hydrogen) atoms. The van der Waals surface area contributed by atoms with E-state index in [0.717, 1.165) is 24.9 Å². The number of hydrogen-bond acceptors (Lipinski definition) is 5. The third-order valence-corrected chi connectivity index (χ3v) is 7.27. The summed E-state index contributed by atoms with van der Waals surface area (Å²) in [5.74, 6) is -0.359. The maximum Gasteiger partial charge on any atom is 0.255 e. The highest BCUT2D eigenvalue weighted by atomic mass is 32.2. The third-order valence-electron chi connectivity index (χ3n) is 5.23. The van der Waals surface area contributed by atoms with Crippen molar-refractivity contribution in [1.82, 2.24) is 19.1 Å². The van der Waals surface area contributed by atoms with Crippen molar-refractivity contribution in [3.8, 4) is 5.69 Å². The highest BCUT2D eigenvalue weighted by Crippen LogP contribution is 2.25. The molecule has 1 aliphatic heterocycles. The van der Waals surface area contributed by atoms with Crippen LogP contribution in [0.2, 0.25) is 0 Å². The molecule has 4 rings (SSSR count). The van der Waals surface area contributed by atoms with Crippen molar-refractivity contribution in [2.75, 3.05) is 18.4 Å². The van der Waals surface area contributed by atoms with Crippen LogP contribution in [0.5, 0.6) is 0 Å². The van der Waals surface area contributed by atoms with Crippen molar-refractivity contribution in [3.63, 3.8) is 0 Å². The Labute approximate surface area is 175 Å². The van der Waals surface area contributed by atoms with Crippen LogP contribution in [0.4, 0.5) is 5.69 Å². The molecule has 2 aromatic carbocycles. The van der Waals surface area contributed by atoms with Gasteiger partial charge in [-0.05, 0) is 61.7 Å². The molecule has 0 bridgehead atoms. The molecule has 1 amide bonds. The lowest BCUT2D eigenvalue weighted by Gasteiger charge is -2.26. The van der Waals surface area contributed by atoms with Crippen LogP contribution in [0.1, 0.15) is 35.2 Å². The van der Waals surface area contributed by atoms with E-state index in [1.165, 1.54) is 10.4 Å². The van der Waals surface area contributed by atoms with Gasteiger partial charge in [0.2, 0.25) is 10.0 Å². The van der Waals surface area contributed by atoms with Gasteiger partial charge in [-0.2, -0.15) is 4.31 Å². The van der Waals surface area contributed by atoms with Crippen LogP contribution in [0.25, 0.3) is 5.69 Å². The van der Waals surface area contributed by atoms with E-state index in [0.29, 0.717) is 29.9 Å². The van der Waals surface area contributed by atoms with Crippen molar-refractivity contribution >= 4 is 21.6 Å². The minimum atomic E-state index is -3.61. The third kappa shape index (κ3) is 4.12. The van der Waals surface area contributed by atoms with Crippen LogP contribution in [-0.2, 0) is 10.0 Å². The minimum Gasteiger partial charge on any atom is -0.322 e. The van der Waals surface area contributed by atoms with E-state index in [9.17, 15) is 13.2 Å². The van der Waals surface area contributed by atoms with E-state index < -0.39 is 10.0 Å². The summed E-state index contributed by atoms with van der Waals surface area (Å²) in [5, 5.41) is 10.4. The maximum atomic E-state index is 13.1. The summed E-state index contributed by atoms with van der Waals surface area (Å²) in [7, 11) is -3.61. The van der Waals surface area contributed by atoms with Crippen LogP contribution in [0.15, 0.2) is 60.0 Å². The summed E-state index contributed by atoms with van der Waals surface area (Å²) < 4.78 is 29.4. The van der Waals surface area contributed by atoms with Crippen LogP contribution in [0.3, 0.4) is 0 Å². The van der Waals surface area contributed by atoms with Crippen LogP contribution in [-0.4, -0.2) is 46.5 Å². The lowest BCUT2D eigenvalue weighted by atomic mass is 10.1. The van der Waals surface area contributed by atoms with Gasteiger partial charge in [0.05, 0.1) is 4.90 Å². The molecule has 2 heterocycles. The number of amides is 1. The first kappa shape index (κ1) is 20.2. The number of rotatable bonds is 5. The Balaban J connectivity index is 1.54. The molecule has 0 radical (unpaired) electrons. The van der Waals surface area contributed by atoms with Crippen LogP contribution in [0, 0.1) is 6.92 Å². The standard InChI is InChI=1S/C21H23N5O3S/c1-16-5-6-17(13-20(16)30(28,29)26-11-3-2-4-12-26)21(27)24-18-7-9-19(10-8-18)25-14-22-23-15-25/h5-10,13-15H,2-4,11-12H2,1H3,(H,24,27). The van der Waals surface area contributed by atoms with E-state index in [1.54, 1.807) is 48.4 Å². The smallest absolute Gasteiger partial charge is 0.255 e. The number of sulfonamides is 1. The average molecular weight is 426 g/mol. The van der Waals surface area contributed by atoms with Crippen molar-refractivity contribution in [2.24, 2.45) is 0 Å². The zero-order valence-corrected chi connectivity index (χ0v) is 17.5. The Bertz CT molecular complexity index is 1140. The zero-order valence-electron chi connectivity index (χ0n) is 16.7. The molecule has 9 heteroatoms. The number of benzene rings is 2. The molecule has 0 aliphatic carbocycles. The summed E-state index contributed by atoms with van der Waals surface area (Å²) in [4.78, 5) is 12.9. The first-order chi connectivity index (χ1) is 14.4. The van der Waals surface area contributed by atoms with Crippen LogP contribution >= 0.6 is 0 Å². The summed E-state index contributed by atoms with van der Waals surface area (Å²) in [5.41, 5.74) is 2.41. The fourth-order valence-corrected chi connectivity index (χ4v) is 5.29. The Morgan fingerprint density at radius 1 is 0.967 bits per heavy atom. The fourth-order valence-electron chi connectivity index (χ4n) is 3.52. The Kier molecular flexibility index (Phi) is 5.65. The summed E-state index contributed by atoms with van der Waals surface area (Å²) >= 11 is 0. The number of carbonyl (C=O) groups is 1. The number of hydrogen-bond donors (Lipinski definition) is 1. The number of nitrogens with one attached hydrogen (secondary N) is 1. The molecule has 0 unspecified atom stereocenters.